The number of carbonyl (C=O) groups excluding carboxylic acids is 1. The number of pyridine rings is 2. The van der Waals surface area contributed by atoms with Gasteiger partial charge in [0.15, 0.2) is 0 Å². The first-order valence-electron chi connectivity index (χ1n) is 6.66. The number of aromatic nitrogens is 2. The molecule has 1 saturated carbocycles. The van der Waals surface area contributed by atoms with E-state index in [1.54, 1.807) is 24.5 Å². The molecule has 0 bridgehead atoms. The highest BCUT2D eigenvalue weighted by Crippen LogP contribution is 2.30. The molecule has 0 spiro atoms. The van der Waals surface area contributed by atoms with Crippen molar-refractivity contribution in [3.05, 3.63) is 58.1 Å². The number of carbonyl (C=O) groups is 1. The lowest BCUT2D eigenvalue weighted by molar-refractivity contribution is 0.0729. The first-order valence-corrected chi connectivity index (χ1v) is 7.42. The van der Waals surface area contributed by atoms with Crippen molar-refractivity contribution >= 4 is 29.1 Å². The van der Waals surface area contributed by atoms with Gasteiger partial charge in [0.25, 0.3) is 5.91 Å². The number of hydrogen-bond donors (Lipinski definition) is 0. The van der Waals surface area contributed by atoms with Crippen LogP contribution in [0.2, 0.25) is 10.3 Å². The Labute approximate surface area is 132 Å². The molecule has 0 aromatic carbocycles. The summed E-state index contributed by atoms with van der Waals surface area (Å²) in [4.78, 5) is 22.4. The average Bonchev–Trinajstić information content (AvgIpc) is 3.29. The third-order valence-corrected chi connectivity index (χ3v) is 3.75. The molecule has 0 radical (unpaired) electrons. The Bertz CT molecular complexity index is 639. The Kier molecular flexibility index (Phi) is 4.08. The van der Waals surface area contributed by atoms with Gasteiger partial charge >= 0.3 is 0 Å². The topological polar surface area (TPSA) is 46.1 Å². The summed E-state index contributed by atoms with van der Waals surface area (Å²) in [5.41, 5.74) is 1.53. The van der Waals surface area contributed by atoms with E-state index in [-0.39, 0.29) is 22.3 Å². The van der Waals surface area contributed by atoms with Crippen LogP contribution in [0.4, 0.5) is 0 Å². The van der Waals surface area contributed by atoms with Gasteiger partial charge in [-0.05, 0) is 42.7 Å². The van der Waals surface area contributed by atoms with E-state index in [1.165, 1.54) is 0 Å². The second-order valence-corrected chi connectivity index (χ2v) is 5.80. The number of hydrogen-bond acceptors (Lipinski definition) is 3. The molecule has 1 amide bonds. The van der Waals surface area contributed by atoms with Crippen LogP contribution in [0.3, 0.4) is 0 Å². The molecular weight excluding hydrogens is 309 g/mol. The molecule has 0 unspecified atom stereocenters. The van der Waals surface area contributed by atoms with E-state index in [2.05, 4.69) is 9.97 Å². The van der Waals surface area contributed by atoms with Crippen LogP contribution in [0.1, 0.15) is 28.8 Å². The minimum Gasteiger partial charge on any atom is -0.331 e. The van der Waals surface area contributed by atoms with Crippen molar-refractivity contribution in [2.45, 2.75) is 25.4 Å². The molecule has 6 heteroatoms. The Morgan fingerprint density at radius 2 is 1.81 bits per heavy atom. The van der Waals surface area contributed by atoms with Gasteiger partial charge in [0.2, 0.25) is 0 Å². The van der Waals surface area contributed by atoms with Gasteiger partial charge < -0.3 is 4.90 Å². The van der Waals surface area contributed by atoms with Crippen LogP contribution in [0, 0.1) is 0 Å². The smallest absolute Gasteiger partial charge is 0.254 e. The molecule has 0 N–H and O–H groups in total. The summed E-state index contributed by atoms with van der Waals surface area (Å²) in [6, 6.07) is 7.22. The van der Waals surface area contributed by atoms with Crippen LogP contribution in [0.25, 0.3) is 0 Å². The van der Waals surface area contributed by atoms with Crippen LogP contribution in [0.5, 0.6) is 0 Å². The fourth-order valence-electron chi connectivity index (χ4n) is 2.19. The molecule has 2 aromatic rings. The normalized spacial score (nSPS) is 14.0. The van der Waals surface area contributed by atoms with E-state index >= 15 is 0 Å². The highest BCUT2D eigenvalue weighted by atomic mass is 35.5. The van der Waals surface area contributed by atoms with Crippen LogP contribution < -0.4 is 0 Å². The van der Waals surface area contributed by atoms with Gasteiger partial charge in [-0.1, -0.05) is 23.2 Å². The summed E-state index contributed by atoms with van der Waals surface area (Å²) < 4.78 is 0. The summed E-state index contributed by atoms with van der Waals surface area (Å²) in [6.07, 6.45) is 5.52. The van der Waals surface area contributed by atoms with Crippen LogP contribution in [-0.4, -0.2) is 26.8 Å². The highest BCUT2D eigenvalue weighted by Gasteiger charge is 2.33. The Morgan fingerprint density at radius 1 is 1.19 bits per heavy atom. The average molecular weight is 322 g/mol. The lowest BCUT2D eigenvalue weighted by Crippen LogP contribution is -2.32. The summed E-state index contributed by atoms with van der Waals surface area (Å²) in [5, 5.41) is 0.455. The number of rotatable bonds is 4. The fraction of sp³-hybridized carbons (Fsp3) is 0.267. The van der Waals surface area contributed by atoms with Crippen LogP contribution >= 0.6 is 23.2 Å². The minimum absolute atomic E-state index is 0.0690. The first kappa shape index (κ1) is 14.3. The van der Waals surface area contributed by atoms with Crippen molar-refractivity contribution in [3.63, 3.8) is 0 Å². The summed E-state index contributed by atoms with van der Waals surface area (Å²) in [6.45, 7) is 0.559. The molecule has 1 fully saturated rings. The van der Waals surface area contributed by atoms with Crippen LogP contribution in [-0.2, 0) is 6.54 Å². The van der Waals surface area contributed by atoms with Gasteiger partial charge in [0.1, 0.15) is 10.3 Å². The molecule has 1 aliphatic carbocycles. The maximum absolute atomic E-state index is 12.7. The van der Waals surface area contributed by atoms with E-state index in [4.69, 9.17) is 23.2 Å². The second kappa shape index (κ2) is 6.00. The fourth-order valence-corrected chi connectivity index (χ4v) is 2.65. The summed E-state index contributed by atoms with van der Waals surface area (Å²) >= 11 is 11.8. The number of halogens is 2. The maximum atomic E-state index is 12.7. The van der Waals surface area contributed by atoms with Gasteiger partial charge in [0.05, 0.1) is 0 Å². The highest BCUT2D eigenvalue weighted by molar-refractivity contribution is 6.33. The van der Waals surface area contributed by atoms with Crippen molar-refractivity contribution in [2.24, 2.45) is 0 Å². The van der Waals surface area contributed by atoms with Crippen LogP contribution in [0.15, 0.2) is 36.7 Å². The van der Waals surface area contributed by atoms with Crippen molar-refractivity contribution in [1.29, 1.82) is 0 Å². The number of amides is 1. The SMILES string of the molecule is O=C(c1cc(Cl)nc(Cl)c1)N(Cc1ccncc1)C1CC1. The Hall–Kier alpha value is -1.65. The maximum Gasteiger partial charge on any atom is 0.254 e. The van der Waals surface area contributed by atoms with E-state index in [1.807, 2.05) is 17.0 Å². The standard InChI is InChI=1S/C15H13Cl2N3O/c16-13-7-11(8-14(17)19-13)15(21)20(12-1-2-12)9-10-3-5-18-6-4-10/h3-8,12H,1-2,9H2. The second-order valence-electron chi connectivity index (χ2n) is 5.02. The van der Waals surface area contributed by atoms with Gasteiger partial charge in [-0.2, -0.15) is 0 Å². The van der Waals surface area contributed by atoms with E-state index in [9.17, 15) is 4.79 Å². The van der Waals surface area contributed by atoms with E-state index in [0.717, 1.165) is 18.4 Å². The molecule has 4 nitrogen and oxygen atoms in total. The molecule has 1 aliphatic rings. The van der Waals surface area contributed by atoms with Gasteiger partial charge in [0, 0.05) is 30.5 Å². The zero-order chi connectivity index (χ0) is 14.8. The van der Waals surface area contributed by atoms with Crippen molar-refractivity contribution in [1.82, 2.24) is 14.9 Å². The zero-order valence-electron chi connectivity index (χ0n) is 11.2. The molecule has 0 saturated heterocycles. The first-order chi connectivity index (χ1) is 10.1. The summed E-state index contributed by atoms with van der Waals surface area (Å²) in [7, 11) is 0. The molecule has 0 atom stereocenters. The lowest BCUT2D eigenvalue weighted by Gasteiger charge is -2.22. The Morgan fingerprint density at radius 3 is 2.38 bits per heavy atom. The lowest BCUT2D eigenvalue weighted by atomic mass is 10.2. The number of nitrogens with zero attached hydrogens (tertiary/aromatic N) is 3. The van der Waals surface area contributed by atoms with E-state index < -0.39 is 0 Å². The molecule has 3 rings (SSSR count). The van der Waals surface area contributed by atoms with Crippen molar-refractivity contribution in [3.8, 4) is 0 Å². The predicted octanol–water partition coefficient (Wildman–Crippen LogP) is 3.59. The van der Waals surface area contributed by atoms with Crippen molar-refractivity contribution in [2.75, 3.05) is 0 Å². The van der Waals surface area contributed by atoms with E-state index in [0.29, 0.717) is 12.1 Å². The molecule has 0 aliphatic heterocycles. The van der Waals surface area contributed by atoms with Gasteiger partial charge in [-0.15, -0.1) is 0 Å². The molecule has 2 heterocycles. The molecule has 21 heavy (non-hydrogen) atoms. The zero-order valence-corrected chi connectivity index (χ0v) is 12.7. The van der Waals surface area contributed by atoms with Gasteiger partial charge in [-0.3, -0.25) is 9.78 Å². The molecule has 108 valence electrons. The molecule has 2 aromatic heterocycles. The third kappa shape index (κ3) is 3.52. The quantitative estimate of drug-likeness (QED) is 0.808. The monoisotopic (exact) mass is 321 g/mol. The largest absolute Gasteiger partial charge is 0.331 e. The van der Waals surface area contributed by atoms with Gasteiger partial charge in [-0.25, -0.2) is 4.98 Å². The Balaban J connectivity index is 1.85. The minimum atomic E-state index is -0.0690. The van der Waals surface area contributed by atoms with Crippen molar-refractivity contribution < 1.29 is 4.79 Å². The molecular formula is C15H13Cl2N3O. The summed E-state index contributed by atoms with van der Waals surface area (Å²) in [5.74, 6) is -0.0690. The predicted molar refractivity (Wildman–Crippen MR) is 81.4 cm³/mol. The third-order valence-electron chi connectivity index (χ3n) is 3.36.